The zero-order valence-electron chi connectivity index (χ0n) is 15.8. The first-order valence-corrected chi connectivity index (χ1v) is 10.3. The number of primary sulfonamides is 1. The Morgan fingerprint density at radius 1 is 1.00 bits per heavy atom. The van der Waals surface area contributed by atoms with E-state index in [9.17, 15) is 8.42 Å². The van der Waals surface area contributed by atoms with Crippen molar-refractivity contribution in [1.29, 1.82) is 0 Å². The summed E-state index contributed by atoms with van der Waals surface area (Å²) < 4.78 is 24.5. The van der Waals surface area contributed by atoms with Crippen LogP contribution in [0.4, 0.5) is 23.1 Å². The van der Waals surface area contributed by atoms with Crippen molar-refractivity contribution >= 4 is 44.1 Å². The molecule has 0 aliphatic carbocycles. The van der Waals surface area contributed by atoms with Crippen molar-refractivity contribution in [3.63, 3.8) is 0 Å². The number of aromatic nitrogens is 4. The molecule has 0 spiro atoms. The fourth-order valence-electron chi connectivity index (χ4n) is 2.84. The van der Waals surface area contributed by atoms with E-state index < -0.39 is 10.0 Å². The smallest absolute Gasteiger partial charge is 0.238 e. The van der Waals surface area contributed by atoms with Crippen molar-refractivity contribution in [1.82, 2.24) is 19.7 Å². The summed E-state index contributed by atoms with van der Waals surface area (Å²) in [5.74, 6) is 1.04. The number of fused-ring (bicyclic) bond motifs is 1. The Labute approximate surface area is 167 Å². The maximum absolute atomic E-state index is 11.4. The van der Waals surface area contributed by atoms with Gasteiger partial charge in [-0.2, -0.15) is 10.1 Å². The van der Waals surface area contributed by atoms with Crippen LogP contribution in [0.25, 0.3) is 10.9 Å². The van der Waals surface area contributed by atoms with Crippen molar-refractivity contribution in [2.45, 2.75) is 11.8 Å². The molecule has 0 saturated heterocycles. The summed E-state index contributed by atoms with van der Waals surface area (Å²) in [6.45, 7) is 1.91. The van der Waals surface area contributed by atoms with Crippen LogP contribution in [0.3, 0.4) is 0 Å². The van der Waals surface area contributed by atoms with Crippen LogP contribution in [0.2, 0.25) is 0 Å². The zero-order chi connectivity index (χ0) is 20.6. The molecule has 9 nitrogen and oxygen atoms in total. The molecule has 4 N–H and O–H groups in total. The summed E-state index contributed by atoms with van der Waals surface area (Å²) in [7, 11) is -1.84. The van der Waals surface area contributed by atoms with Gasteiger partial charge in [0, 0.05) is 35.6 Å². The minimum Gasteiger partial charge on any atom is -0.340 e. The molecule has 0 bridgehead atoms. The molecule has 148 valence electrons. The van der Waals surface area contributed by atoms with Gasteiger partial charge < -0.3 is 10.6 Å². The van der Waals surface area contributed by atoms with E-state index in [1.807, 2.05) is 43.0 Å². The second-order valence-electron chi connectivity index (χ2n) is 6.59. The molecule has 4 rings (SSSR count). The van der Waals surface area contributed by atoms with Gasteiger partial charge in [0.05, 0.1) is 16.6 Å². The maximum atomic E-state index is 11.4. The third-order valence-corrected chi connectivity index (χ3v) is 5.35. The molecule has 2 aromatic heterocycles. The first-order chi connectivity index (χ1) is 13.8. The van der Waals surface area contributed by atoms with Gasteiger partial charge in [-0.1, -0.05) is 0 Å². The maximum Gasteiger partial charge on any atom is 0.238 e. The summed E-state index contributed by atoms with van der Waals surface area (Å²) in [5, 5.41) is 16.8. The third kappa shape index (κ3) is 4.03. The predicted molar refractivity (Wildman–Crippen MR) is 112 cm³/mol. The van der Waals surface area contributed by atoms with Crippen LogP contribution in [0.5, 0.6) is 0 Å². The molecule has 0 aliphatic heterocycles. The number of benzene rings is 2. The predicted octanol–water partition coefficient (Wildman–Crippen LogP) is 2.81. The Morgan fingerprint density at radius 2 is 1.72 bits per heavy atom. The summed E-state index contributed by atoms with van der Waals surface area (Å²) in [6, 6.07) is 12.0. The molecule has 0 unspecified atom stereocenters. The van der Waals surface area contributed by atoms with Crippen molar-refractivity contribution in [2.24, 2.45) is 12.2 Å². The molecule has 2 aromatic carbocycles. The molecule has 0 saturated carbocycles. The second kappa shape index (κ2) is 7.15. The van der Waals surface area contributed by atoms with Gasteiger partial charge in [-0.05, 0) is 49.4 Å². The largest absolute Gasteiger partial charge is 0.340 e. The molecule has 10 heteroatoms. The molecule has 0 atom stereocenters. The molecule has 29 heavy (non-hydrogen) atoms. The van der Waals surface area contributed by atoms with E-state index >= 15 is 0 Å². The van der Waals surface area contributed by atoms with Gasteiger partial charge in [-0.15, -0.1) is 0 Å². The number of aryl methyl sites for hydroxylation is 2. The standard InChI is InChI=1S/C19H19N7O2S/c1-12-10-21-19(24-14-5-7-16(8-6-14)29(20,27)28)25-18(12)23-15-4-3-13-11-22-26(2)17(13)9-15/h3-11H,1-2H3,(H2,20,27,28)(H2,21,23,24,25). The Balaban J connectivity index is 1.57. The van der Waals surface area contributed by atoms with E-state index in [2.05, 4.69) is 25.7 Å². The van der Waals surface area contributed by atoms with Gasteiger partial charge in [0.1, 0.15) is 5.82 Å². The van der Waals surface area contributed by atoms with Gasteiger partial charge >= 0.3 is 0 Å². The van der Waals surface area contributed by atoms with Crippen molar-refractivity contribution < 1.29 is 8.42 Å². The minimum absolute atomic E-state index is 0.0424. The van der Waals surface area contributed by atoms with E-state index in [-0.39, 0.29) is 4.90 Å². The minimum atomic E-state index is -3.73. The number of hydrogen-bond acceptors (Lipinski definition) is 7. The quantitative estimate of drug-likeness (QED) is 0.462. The molecular formula is C19H19N7O2S. The topological polar surface area (TPSA) is 128 Å². The Morgan fingerprint density at radius 3 is 2.45 bits per heavy atom. The Kier molecular flexibility index (Phi) is 4.65. The molecule has 0 radical (unpaired) electrons. The van der Waals surface area contributed by atoms with Crippen LogP contribution in [-0.4, -0.2) is 28.2 Å². The first-order valence-electron chi connectivity index (χ1n) is 8.72. The molecular weight excluding hydrogens is 390 g/mol. The van der Waals surface area contributed by atoms with Crippen LogP contribution >= 0.6 is 0 Å². The lowest BCUT2D eigenvalue weighted by Crippen LogP contribution is -2.11. The summed E-state index contributed by atoms with van der Waals surface area (Å²) in [5.41, 5.74) is 3.41. The Hall–Kier alpha value is -3.50. The number of nitrogens with two attached hydrogens (primary N) is 1. The number of hydrogen-bond donors (Lipinski definition) is 3. The molecule has 0 fully saturated rings. The van der Waals surface area contributed by atoms with E-state index in [4.69, 9.17) is 5.14 Å². The normalized spacial score (nSPS) is 11.6. The highest BCUT2D eigenvalue weighted by Gasteiger charge is 2.09. The first kappa shape index (κ1) is 18.8. The van der Waals surface area contributed by atoms with Crippen LogP contribution in [0.1, 0.15) is 5.56 Å². The van der Waals surface area contributed by atoms with E-state index in [1.54, 1.807) is 18.3 Å². The molecule has 0 aliphatic rings. The van der Waals surface area contributed by atoms with Crippen LogP contribution in [-0.2, 0) is 17.1 Å². The monoisotopic (exact) mass is 409 g/mol. The van der Waals surface area contributed by atoms with Gasteiger partial charge in [0.2, 0.25) is 16.0 Å². The summed E-state index contributed by atoms with van der Waals surface area (Å²) in [4.78, 5) is 8.85. The van der Waals surface area contributed by atoms with E-state index in [0.29, 0.717) is 17.5 Å². The lowest BCUT2D eigenvalue weighted by atomic mass is 10.2. The number of rotatable bonds is 5. The third-order valence-electron chi connectivity index (χ3n) is 4.42. The molecule has 2 heterocycles. The number of nitrogens with zero attached hydrogens (tertiary/aromatic N) is 4. The highest BCUT2D eigenvalue weighted by atomic mass is 32.2. The highest BCUT2D eigenvalue weighted by Crippen LogP contribution is 2.24. The van der Waals surface area contributed by atoms with E-state index in [1.165, 1.54) is 12.1 Å². The lowest BCUT2D eigenvalue weighted by Gasteiger charge is -2.11. The van der Waals surface area contributed by atoms with Crippen LogP contribution < -0.4 is 15.8 Å². The molecule has 4 aromatic rings. The SMILES string of the molecule is Cc1cnc(Nc2ccc(S(N)(=O)=O)cc2)nc1Nc1ccc2cnn(C)c2c1. The molecule has 0 amide bonds. The van der Waals surface area contributed by atoms with E-state index in [0.717, 1.165) is 22.2 Å². The number of nitrogens with one attached hydrogen (secondary N) is 2. The van der Waals surface area contributed by atoms with Crippen LogP contribution in [0, 0.1) is 6.92 Å². The fraction of sp³-hybridized carbons (Fsp3) is 0.105. The van der Waals surface area contributed by atoms with Crippen molar-refractivity contribution in [3.8, 4) is 0 Å². The fourth-order valence-corrected chi connectivity index (χ4v) is 3.36. The van der Waals surface area contributed by atoms with Gasteiger partial charge in [0.25, 0.3) is 0 Å². The van der Waals surface area contributed by atoms with Crippen molar-refractivity contribution in [3.05, 3.63) is 60.4 Å². The average Bonchev–Trinajstić information content (AvgIpc) is 3.05. The van der Waals surface area contributed by atoms with Gasteiger partial charge in [0.15, 0.2) is 0 Å². The van der Waals surface area contributed by atoms with Crippen molar-refractivity contribution in [2.75, 3.05) is 10.6 Å². The summed E-state index contributed by atoms with van der Waals surface area (Å²) in [6.07, 6.45) is 3.53. The lowest BCUT2D eigenvalue weighted by molar-refractivity contribution is 0.598. The highest BCUT2D eigenvalue weighted by molar-refractivity contribution is 7.89. The average molecular weight is 409 g/mol. The Bertz CT molecular complexity index is 1300. The zero-order valence-corrected chi connectivity index (χ0v) is 16.6. The second-order valence-corrected chi connectivity index (χ2v) is 8.15. The van der Waals surface area contributed by atoms with Gasteiger partial charge in [-0.25, -0.2) is 18.5 Å². The van der Waals surface area contributed by atoms with Crippen LogP contribution in [0.15, 0.2) is 59.8 Å². The number of sulfonamides is 1. The number of anilines is 4. The van der Waals surface area contributed by atoms with Gasteiger partial charge in [-0.3, -0.25) is 4.68 Å². The summed E-state index contributed by atoms with van der Waals surface area (Å²) >= 11 is 0.